The third-order valence-electron chi connectivity index (χ3n) is 4.03. The van der Waals surface area contributed by atoms with Crippen molar-refractivity contribution in [1.29, 1.82) is 0 Å². The van der Waals surface area contributed by atoms with Crippen molar-refractivity contribution in [3.8, 4) is 0 Å². The molecule has 0 aliphatic carbocycles. The van der Waals surface area contributed by atoms with Gasteiger partial charge in [0.1, 0.15) is 5.82 Å². The van der Waals surface area contributed by atoms with E-state index >= 15 is 0 Å². The molecule has 0 atom stereocenters. The number of fused-ring (bicyclic) bond motifs is 1. The molecule has 0 radical (unpaired) electrons. The van der Waals surface area contributed by atoms with Gasteiger partial charge in [-0.2, -0.15) is 0 Å². The Kier molecular flexibility index (Phi) is 3.74. The maximum atomic E-state index is 13.3. The van der Waals surface area contributed by atoms with E-state index in [-0.39, 0.29) is 18.0 Å². The van der Waals surface area contributed by atoms with E-state index in [9.17, 15) is 9.18 Å². The van der Waals surface area contributed by atoms with Gasteiger partial charge in [-0.25, -0.2) is 4.39 Å². The second kappa shape index (κ2) is 5.68. The molecule has 108 valence electrons. The maximum absolute atomic E-state index is 13.3. The summed E-state index contributed by atoms with van der Waals surface area (Å²) in [5, 5.41) is 3.33. The number of anilines is 1. The molecule has 0 bridgehead atoms. The topological polar surface area (TPSA) is 29.1 Å². The highest BCUT2D eigenvalue weighted by atomic mass is 19.1. The summed E-state index contributed by atoms with van der Waals surface area (Å²) in [5.41, 5.74) is 4.74. The van der Waals surface area contributed by atoms with E-state index in [1.807, 2.05) is 25.1 Å². The number of benzene rings is 2. The van der Waals surface area contributed by atoms with Crippen molar-refractivity contribution in [3.05, 3.63) is 64.5 Å². The second-order valence-electron chi connectivity index (χ2n) is 5.57. The average molecular weight is 283 g/mol. The zero-order valence-corrected chi connectivity index (χ0v) is 12.1. The Hall–Kier alpha value is -2.16. The predicted octanol–water partition coefficient (Wildman–Crippen LogP) is 3.92. The number of carbonyl (C=O) groups is 1. The maximum Gasteiger partial charge on any atom is 0.167 e. The first kappa shape index (κ1) is 13.8. The zero-order chi connectivity index (χ0) is 14.8. The van der Waals surface area contributed by atoms with Crippen LogP contribution >= 0.6 is 0 Å². The Morgan fingerprint density at radius 3 is 2.95 bits per heavy atom. The number of Topliss-reactive ketones (excluding diaryl/α,β-unsaturated/α-hetero) is 1. The molecular formula is C18H18FNO. The standard InChI is InChI=1S/C18H18FNO/c1-12-4-6-16(19)10-15(12)11-18(21)14-5-7-17-13(9-14)3-2-8-20-17/h4-7,9-10,20H,2-3,8,11H2,1H3. The molecule has 3 heteroatoms. The monoisotopic (exact) mass is 283 g/mol. The first-order chi connectivity index (χ1) is 10.1. The van der Waals surface area contributed by atoms with Crippen LogP contribution in [0.25, 0.3) is 0 Å². The molecular weight excluding hydrogens is 265 g/mol. The van der Waals surface area contributed by atoms with E-state index in [1.54, 1.807) is 6.07 Å². The Labute approximate surface area is 124 Å². The molecule has 2 aromatic rings. The highest BCUT2D eigenvalue weighted by Gasteiger charge is 2.14. The lowest BCUT2D eigenvalue weighted by Crippen LogP contribution is -2.13. The molecule has 0 aromatic heterocycles. The lowest BCUT2D eigenvalue weighted by atomic mass is 9.95. The number of carbonyl (C=O) groups excluding carboxylic acids is 1. The summed E-state index contributed by atoms with van der Waals surface area (Å²) in [6, 6.07) is 10.4. The van der Waals surface area contributed by atoms with Gasteiger partial charge in [0.15, 0.2) is 5.78 Å². The quantitative estimate of drug-likeness (QED) is 0.865. The Balaban J connectivity index is 1.83. The van der Waals surface area contributed by atoms with Gasteiger partial charge >= 0.3 is 0 Å². The van der Waals surface area contributed by atoms with Gasteiger partial charge in [0, 0.05) is 24.2 Å². The van der Waals surface area contributed by atoms with Crippen molar-refractivity contribution in [3.63, 3.8) is 0 Å². The van der Waals surface area contributed by atoms with Crippen LogP contribution < -0.4 is 5.32 Å². The Morgan fingerprint density at radius 2 is 2.10 bits per heavy atom. The van der Waals surface area contributed by atoms with Gasteiger partial charge in [0.25, 0.3) is 0 Å². The SMILES string of the molecule is Cc1ccc(F)cc1CC(=O)c1ccc2c(c1)CCCN2. The Morgan fingerprint density at radius 1 is 1.24 bits per heavy atom. The van der Waals surface area contributed by atoms with Crippen LogP contribution in [-0.4, -0.2) is 12.3 Å². The van der Waals surface area contributed by atoms with Crippen LogP contribution in [-0.2, 0) is 12.8 Å². The number of aryl methyl sites for hydroxylation is 2. The van der Waals surface area contributed by atoms with Crippen LogP contribution in [0.1, 0.15) is 33.5 Å². The summed E-state index contributed by atoms with van der Waals surface area (Å²) in [6.45, 7) is 2.89. The van der Waals surface area contributed by atoms with Crippen molar-refractivity contribution in [2.45, 2.75) is 26.2 Å². The van der Waals surface area contributed by atoms with Crippen molar-refractivity contribution in [1.82, 2.24) is 0 Å². The van der Waals surface area contributed by atoms with Crippen LogP contribution in [0.3, 0.4) is 0 Å². The number of hydrogen-bond acceptors (Lipinski definition) is 2. The van der Waals surface area contributed by atoms with Crippen LogP contribution in [0.2, 0.25) is 0 Å². The second-order valence-corrected chi connectivity index (χ2v) is 5.57. The van der Waals surface area contributed by atoms with Gasteiger partial charge in [0.05, 0.1) is 0 Å². The van der Waals surface area contributed by atoms with Gasteiger partial charge in [-0.3, -0.25) is 4.79 Å². The summed E-state index contributed by atoms with van der Waals surface area (Å²) >= 11 is 0. The minimum atomic E-state index is -0.293. The van der Waals surface area contributed by atoms with E-state index in [1.165, 1.54) is 17.7 Å². The molecule has 2 nitrogen and oxygen atoms in total. The summed E-state index contributed by atoms with van der Waals surface area (Å²) in [4.78, 5) is 12.4. The van der Waals surface area contributed by atoms with Gasteiger partial charge in [-0.1, -0.05) is 6.07 Å². The van der Waals surface area contributed by atoms with E-state index < -0.39 is 0 Å². The van der Waals surface area contributed by atoms with Gasteiger partial charge in [-0.15, -0.1) is 0 Å². The molecule has 0 fully saturated rings. The molecule has 0 unspecified atom stereocenters. The molecule has 21 heavy (non-hydrogen) atoms. The van der Waals surface area contributed by atoms with Crippen LogP contribution in [0, 0.1) is 12.7 Å². The lowest BCUT2D eigenvalue weighted by Gasteiger charge is -2.18. The zero-order valence-electron chi connectivity index (χ0n) is 12.1. The first-order valence-corrected chi connectivity index (χ1v) is 7.28. The number of nitrogens with one attached hydrogen (secondary N) is 1. The number of hydrogen-bond donors (Lipinski definition) is 1. The summed E-state index contributed by atoms with van der Waals surface area (Å²) in [7, 11) is 0. The molecule has 0 spiro atoms. The summed E-state index contributed by atoms with van der Waals surface area (Å²) in [5.74, 6) is -0.255. The number of halogens is 1. The van der Waals surface area contributed by atoms with Gasteiger partial charge < -0.3 is 5.32 Å². The molecule has 2 aromatic carbocycles. The predicted molar refractivity (Wildman–Crippen MR) is 82.4 cm³/mol. The van der Waals surface area contributed by atoms with E-state index in [0.717, 1.165) is 36.2 Å². The molecule has 0 amide bonds. The Bertz CT molecular complexity index is 694. The van der Waals surface area contributed by atoms with Gasteiger partial charge in [-0.05, 0) is 66.8 Å². The number of ketones is 1. The number of rotatable bonds is 3. The third-order valence-corrected chi connectivity index (χ3v) is 4.03. The normalized spacial score (nSPS) is 13.4. The fourth-order valence-corrected chi connectivity index (χ4v) is 2.75. The van der Waals surface area contributed by atoms with E-state index in [4.69, 9.17) is 0 Å². The van der Waals surface area contributed by atoms with Crippen molar-refractivity contribution in [2.75, 3.05) is 11.9 Å². The van der Waals surface area contributed by atoms with Crippen LogP contribution in [0.15, 0.2) is 36.4 Å². The van der Waals surface area contributed by atoms with Gasteiger partial charge in [0.2, 0.25) is 0 Å². The van der Waals surface area contributed by atoms with Crippen molar-refractivity contribution >= 4 is 11.5 Å². The molecule has 0 saturated carbocycles. The molecule has 3 rings (SSSR count). The fraction of sp³-hybridized carbons (Fsp3) is 0.278. The highest BCUT2D eigenvalue weighted by molar-refractivity contribution is 5.98. The first-order valence-electron chi connectivity index (χ1n) is 7.28. The average Bonchev–Trinajstić information content (AvgIpc) is 2.50. The molecule has 1 aliphatic heterocycles. The lowest BCUT2D eigenvalue weighted by molar-refractivity contribution is 0.0992. The highest BCUT2D eigenvalue weighted by Crippen LogP contribution is 2.24. The van der Waals surface area contributed by atoms with E-state index in [0.29, 0.717) is 5.56 Å². The molecule has 1 aliphatic rings. The van der Waals surface area contributed by atoms with Crippen LogP contribution in [0.5, 0.6) is 0 Å². The van der Waals surface area contributed by atoms with Crippen molar-refractivity contribution in [2.24, 2.45) is 0 Å². The summed E-state index contributed by atoms with van der Waals surface area (Å²) < 4.78 is 13.3. The minimum Gasteiger partial charge on any atom is -0.385 e. The summed E-state index contributed by atoms with van der Waals surface area (Å²) in [6.07, 6.45) is 2.34. The minimum absolute atomic E-state index is 0.0390. The molecule has 1 N–H and O–H groups in total. The van der Waals surface area contributed by atoms with E-state index in [2.05, 4.69) is 5.32 Å². The van der Waals surface area contributed by atoms with Crippen molar-refractivity contribution < 1.29 is 9.18 Å². The largest absolute Gasteiger partial charge is 0.385 e. The van der Waals surface area contributed by atoms with Crippen LogP contribution in [0.4, 0.5) is 10.1 Å². The smallest absolute Gasteiger partial charge is 0.167 e. The molecule has 0 saturated heterocycles. The fourth-order valence-electron chi connectivity index (χ4n) is 2.75. The molecule has 1 heterocycles. The third kappa shape index (κ3) is 2.97.